The molecule has 0 rings (SSSR count). The number of hydrogen-bond acceptors (Lipinski definition) is 4. The van der Waals surface area contributed by atoms with E-state index in [1.54, 1.807) is 0 Å². The van der Waals surface area contributed by atoms with Gasteiger partial charge in [-0.15, -0.1) is 0 Å². The van der Waals surface area contributed by atoms with E-state index < -0.39 is 5.97 Å². The van der Waals surface area contributed by atoms with Gasteiger partial charge in [-0.2, -0.15) is 0 Å². The summed E-state index contributed by atoms with van der Waals surface area (Å²) in [6.45, 7) is 4.78. The lowest BCUT2D eigenvalue weighted by Gasteiger charge is -1.69. The Morgan fingerprint density at radius 3 is 1.46 bits per heavy atom. The van der Waals surface area contributed by atoms with Crippen LogP contribution < -0.4 is 0 Å². The molecular weight excluding hydrogens is 176 g/mol. The van der Waals surface area contributed by atoms with Crippen LogP contribution >= 0.6 is 0 Å². The summed E-state index contributed by atoms with van der Waals surface area (Å²) in [6, 6.07) is 0. The van der Waals surface area contributed by atoms with Crippen LogP contribution in [0.5, 0.6) is 0 Å². The summed E-state index contributed by atoms with van der Waals surface area (Å²) in [5.41, 5.74) is 0. The molecule has 0 aromatic carbocycles. The van der Waals surface area contributed by atoms with Crippen molar-refractivity contribution in [3.63, 3.8) is 0 Å². The number of aliphatic carboxylic acids is 1. The maximum absolute atomic E-state index is 9.00. The van der Waals surface area contributed by atoms with Gasteiger partial charge in [0.05, 0.1) is 0 Å². The third-order valence-corrected chi connectivity index (χ3v) is 0.224. The second kappa shape index (κ2) is 43.7. The summed E-state index contributed by atoms with van der Waals surface area (Å²) < 4.78 is 0. The Hall–Kier alpha value is -0.940. The number of carboxylic acids is 1. The molecular formula is C8H20O5. The summed E-state index contributed by atoms with van der Waals surface area (Å²) in [5.74, 6) is -0.833. The van der Waals surface area contributed by atoms with E-state index in [1.807, 2.05) is 6.92 Å². The van der Waals surface area contributed by atoms with Gasteiger partial charge in [-0.25, -0.2) is 0 Å². The molecule has 0 aliphatic heterocycles. The Bertz CT molecular complexity index is 76.6. The Morgan fingerprint density at radius 2 is 1.46 bits per heavy atom. The first-order valence-corrected chi connectivity index (χ1v) is 3.71. The van der Waals surface area contributed by atoms with Gasteiger partial charge in [-0.1, -0.05) is 6.92 Å². The number of hydrogen-bond donors (Lipinski definition) is 3. The Kier molecular flexibility index (Phi) is 76.4. The molecule has 0 bridgehead atoms. The maximum Gasteiger partial charge on any atom is 0.300 e. The van der Waals surface area contributed by atoms with E-state index in [4.69, 9.17) is 24.9 Å². The smallest absolute Gasteiger partial charge is 0.300 e. The van der Waals surface area contributed by atoms with Gasteiger partial charge in [0.25, 0.3) is 5.97 Å². The molecule has 0 radical (unpaired) electrons. The van der Waals surface area contributed by atoms with Crippen LogP contribution in [0.2, 0.25) is 0 Å². The summed E-state index contributed by atoms with van der Waals surface area (Å²) in [6.07, 6.45) is 1.62. The van der Waals surface area contributed by atoms with Gasteiger partial charge in [-0.3, -0.25) is 4.79 Å². The SMILES string of the molecule is CC(=O)O.CC=O.CCCO.CO. The fourth-order valence-corrected chi connectivity index (χ4v) is 0. The van der Waals surface area contributed by atoms with Gasteiger partial charge < -0.3 is 20.1 Å². The highest BCUT2D eigenvalue weighted by Gasteiger charge is 1.65. The van der Waals surface area contributed by atoms with Crippen molar-refractivity contribution >= 4 is 12.3 Å². The number of aliphatic hydroxyl groups excluding tert-OH is 2. The van der Waals surface area contributed by atoms with Crippen LogP contribution in [0.15, 0.2) is 0 Å². The molecule has 5 nitrogen and oxygen atoms in total. The van der Waals surface area contributed by atoms with E-state index in [0.29, 0.717) is 6.61 Å². The van der Waals surface area contributed by atoms with Crippen molar-refractivity contribution in [2.45, 2.75) is 27.2 Å². The normalized spacial score (nSPS) is 5.69. The van der Waals surface area contributed by atoms with Gasteiger partial charge in [0.1, 0.15) is 6.29 Å². The molecule has 0 aliphatic rings. The van der Waals surface area contributed by atoms with E-state index in [0.717, 1.165) is 26.7 Å². The summed E-state index contributed by atoms with van der Waals surface area (Å²) >= 11 is 0. The highest BCUT2D eigenvalue weighted by molar-refractivity contribution is 5.62. The van der Waals surface area contributed by atoms with E-state index in [9.17, 15) is 0 Å². The molecule has 0 saturated heterocycles. The maximum atomic E-state index is 9.00. The molecule has 5 heteroatoms. The average Bonchev–Trinajstić information content (AvgIpc) is 2.08. The van der Waals surface area contributed by atoms with Crippen molar-refractivity contribution in [2.75, 3.05) is 13.7 Å². The molecule has 0 fully saturated rings. The minimum atomic E-state index is -0.833. The summed E-state index contributed by atoms with van der Waals surface area (Å²) in [5, 5.41) is 22.3. The molecule has 0 unspecified atom stereocenters. The zero-order valence-electron chi connectivity index (χ0n) is 8.65. The van der Waals surface area contributed by atoms with Crippen LogP contribution in [-0.2, 0) is 9.59 Å². The molecule has 3 N–H and O–H groups in total. The van der Waals surface area contributed by atoms with Crippen molar-refractivity contribution in [3.8, 4) is 0 Å². The second-order valence-electron chi connectivity index (χ2n) is 1.48. The number of carboxylic acid groups (broad SMARTS) is 1. The number of carbonyl (C=O) groups is 2. The van der Waals surface area contributed by atoms with Crippen LogP contribution in [0.4, 0.5) is 0 Å². The van der Waals surface area contributed by atoms with Gasteiger partial charge in [0, 0.05) is 20.6 Å². The van der Waals surface area contributed by atoms with E-state index in [1.165, 1.54) is 6.92 Å². The summed E-state index contributed by atoms with van der Waals surface area (Å²) in [7, 11) is 1.00. The lowest BCUT2D eigenvalue weighted by Crippen LogP contribution is -1.78. The van der Waals surface area contributed by atoms with Crippen molar-refractivity contribution in [1.29, 1.82) is 0 Å². The molecule has 82 valence electrons. The quantitative estimate of drug-likeness (QED) is 0.524. The molecule has 0 heterocycles. The minimum absolute atomic E-state index is 0.319. The molecule has 13 heavy (non-hydrogen) atoms. The third-order valence-electron chi connectivity index (χ3n) is 0.224. The first kappa shape index (κ1) is 22.7. The highest BCUT2D eigenvalue weighted by atomic mass is 16.4. The third kappa shape index (κ3) is 252000. The number of aliphatic hydroxyl groups is 2. The molecule has 0 atom stereocenters. The Balaban J connectivity index is -0.0000000431. The van der Waals surface area contributed by atoms with Crippen LogP contribution in [0.25, 0.3) is 0 Å². The van der Waals surface area contributed by atoms with Crippen LogP contribution in [0, 0.1) is 0 Å². The van der Waals surface area contributed by atoms with E-state index >= 15 is 0 Å². The van der Waals surface area contributed by atoms with Crippen molar-refractivity contribution < 1.29 is 24.9 Å². The molecule has 0 spiro atoms. The largest absolute Gasteiger partial charge is 0.481 e. The molecule has 0 aromatic heterocycles. The van der Waals surface area contributed by atoms with E-state index in [-0.39, 0.29) is 0 Å². The first-order chi connectivity index (χ1) is 6.06. The lowest BCUT2D eigenvalue weighted by atomic mass is 10.5. The predicted octanol–water partition coefficient (Wildman–Crippen LogP) is 0.293. The lowest BCUT2D eigenvalue weighted by molar-refractivity contribution is -0.134. The zero-order valence-corrected chi connectivity index (χ0v) is 8.65. The molecule has 0 aliphatic carbocycles. The Morgan fingerprint density at radius 1 is 1.38 bits per heavy atom. The van der Waals surface area contributed by atoms with Gasteiger partial charge >= 0.3 is 0 Å². The fraction of sp³-hybridized carbons (Fsp3) is 0.750. The minimum Gasteiger partial charge on any atom is -0.481 e. The highest BCUT2D eigenvalue weighted by Crippen LogP contribution is 1.61. The van der Waals surface area contributed by atoms with Crippen molar-refractivity contribution in [1.82, 2.24) is 0 Å². The van der Waals surface area contributed by atoms with Gasteiger partial charge in [0.2, 0.25) is 0 Å². The van der Waals surface area contributed by atoms with E-state index in [2.05, 4.69) is 0 Å². The second-order valence-corrected chi connectivity index (χ2v) is 1.48. The standard InChI is InChI=1S/C3H8O.C2H4O2.C2H4O.CH4O/c1-2-3-4;1-2(3)4;1-2-3;1-2/h4H,2-3H2,1H3;1H3,(H,3,4);2H,1H3;2H,1H3. The number of aldehydes is 1. The molecule has 0 aromatic rings. The monoisotopic (exact) mass is 196 g/mol. The van der Waals surface area contributed by atoms with Crippen molar-refractivity contribution in [3.05, 3.63) is 0 Å². The van der Waals surface area contributed by atoms with Crippen LogP contribution in [-0.4, -0.2) is 41.3 Å². The fourth-order valence-electron chi connectivity index (χ4n) is 0. The molecule has 0 saturated carbocycles. The molecule has 0 amide bonds. The van der Waals surface area contributed by atoms with Gasteiger partial charge in [-0.05, 0) is 13.3 Å². The summed E-state index contributed by atoms with van der Waals surface area (Å²) in [4.78, 5) is 17.8. The average molecular weight is 196 g/mol. The van der Waals surface area contributed by atoms with Crippen molar-refractivity contribution in [2.24, 2.45) is 0 Å². The first-order valence-electron chi connectivity index (χ1n) is 3.71. The van der Waals surface area contributed by atoms with Crippen LogP contribution in [0.3, 0.4) is 0 Å². The predicted molar refractivity (Wildman–Crippen MR) is 50.6 cm³/mol. The van der Waals surface area contributed by atoms with Crippen LogP contribution in [0.1, 0.15) is 27.2 Å². The Labute approximate surface area is 79.0 Å². The topological polar surface area (TPSA) is 94.8 Å². The zero-order chi connectivity index (χ0) is 11.7. The number of rotatable bonds is 1. The number of carbonyl (C=O) groups excluding carboxylic acids is 1. The van der Waals surface area contributed by atoms with Gasteiger partial charge in [0.15, 0.2) is 0 Å².